The normalized spacial score (nSPS) is 10.8. The van der Waals surface area contributed by atoms with Crippen LogP contribution in [0.2, 0.25) is 0 Å². The third-order valence-electron chi connectivity index (χ3n) is 2.80. The summed E-state index contributed by atoms with van der Waals surface area (Å²) in [6.07, 6.45) is 1.23. The molecule has 0 aliphatic heterocycles. The van der Waals surface area contributed by atoms with Crippen molar-refractivity contribution in [2.45, 2.75) is 0 Å². The number of fused-ring (bicyclic) bond motifs is 1. The number of hydrogen-bond acceptors (Lipinski definition) is 3. The van der Waals surface area contributed by atoms with Crippen molar-refractivity contribution < 1.29 is 9.90 Å². The summed E-state index contributed by atoms with van der Waals surface area (Å²) in [4.78, 5) is 11.1. The molecule has 1 heterocycles. The first kappa shape index (κ1) is 11.9. The van der Waals surface area contributed by atoms with Gasteiger partial charge >= 0.3 is 5.97 Å². The molecule has 1 aromatic heterocycles. The molecule has 3 aromatic rings. The molecular formula is C13H8BrN3O2. The Morgan fingerprint density at radius 2 is 1.89 bits per heavy atom. The van der Waals surface area contributed by atoms with Crippen molar-refractivity contribution in [3.8, 4) is 5.69 Å². The molecule has 19 heavy (non-hydrogen) atoms. The fraction of sp³-hybridized carbons (Fsp3) is 0. The molecule has 6 heteroatoms. The van der Waals surface area contributed by atoms with E-state index in [9.17, 15) is 4.79 Å². The molecule has 1 N–H and O–H groups in total. The summed E-state index contributed by atoms with van der Waals surface area (Å²) in [5.74, 6) is -1.05. The Balaban J connectivity index is 2.18. The summed E-state index contributed by atoms with van der Waals surface area (Å²) < 4.78 is 2.31. The Morgan fingerprint density at radius 1 is 1.16 bits per heavy atom. The fourth-order valence-corrected chi connectivity index (χ4v) is 2.29. The number of aromatic carboxylic acids is 1. The van der Waals surface area contributed by atoms with Crippen LogP contribution in [0.3, 0.4) is 0 Å². The second-order valence-electron chi connectivity index (χ2n) is 4.01. The predicted molar refractivity (Wildman–Crippen MR) is 73.5 cm³/mol. The van der Waals surface area contributed by atoms with Gasteiger partial charge in [-0.1, -0.05) is 33.3 Å². The van der Waals surface area contributed by atoms with Gasteiger partial charge in [0.15, 0.2) is 5.69 Å². The van der Waals surface area contributed by atoms with Crippen molar-refractivity contribution in [1.29, 1.82) is 0 Å². The van der Waals surface area contributed by atoms with Crippen molar-refractivity contribution in [3.63, 3.8) is 0 Å². The van der Waals surface area contributed by atoms with Crippen LogP contribution < -0.4 is 0 Å². The quantitative estimate of drug-likeness (QED) is 0.789. The minimum Gasteiger partial charge on any atom is -0.476 e. The summed E-state index contributed by atoms with van der Waals surface area (Å²) in [6, 6.07) is 11.5. The Kier molecular flexibility index (Phi) is 2.79. The number of aromatic nitrogens is 3. The van der Waals surface area contributed by atoms with Crippen molar-refractivity contribution in [3.05, 3.63) is 52.8 Å². The highest BCUT2D eigenvalue weighted by Gasteiger charge is 2.13. The lowest BCUT2D eigenvalue weighted by Gasteiger charge is -2.05. The highest BCUT2D eigenvalue weighted by atomic mass is 79.9. The van der Waals surface area contributed by atoms with Crippen LogP contribution in [0.15, 0.2) is 47.1 Å². The Morgan fingerprint density at radius 3 is 2.68 bits per heavy atom. The molecule has 2 aromatic carbocycles. The van der Waals surface area contributed by atoms with Crippen molar-refractivity contribution >= 4 is 32.7 Å². The summed E-state index contributed by atoms with van der Waals surface area (Å²) >= 11 is 3.42. The van der Waals surface area contributed by atoms with E-state index >= 15 is 0 Å². The van der Waals surface area contributed by atoms with E-state index in [-0.39, 0.29) is 5.69 Å². The van der Waals surface area contributed by atoms with Crippen molar-refractivity contribution in [2.24, 2.45) is 0 Å². The lowest BCUT2D eigenvalue weighted by molar-refractivity contribution is 0.0687. The summed E-state index contributed by atoms with van der Waals surface area (Å²) in [6.45, 7) is 0. The average molecular weight is 318 g/mol. The van der Waals surface area contributed by atoms with Gasteiger partial charge in [-0.15, -0.1) is 5.10 Å². The third kappa shape index (κ3) is 2.10. The largest absolute Gasteiger partial charge is 0.476 e. The molecule has 0 radical (unpaired) electrons. The molecule has 3 rings (SSSR count). The standard InChI is InChI=1S/C13H8BrN3O2/c14-10-3-1-9-6-11(4-2-8(9)5-10)17-12(13(18)19)7-15-16-17/h1-7H,(H,18,19). The van der Waals surface area contributed by atoms with Crippen LogP contribution in [0, 0.1) is 0 Å². The van der Waals surface area contributed by atoms with Crippen LogP contribution in [-0.4, -0.2) is 26.1 Å². The van der Waals surface area contributed by atoms with E-state index in [0.29, 0.717) is 5.69 Å². The monoisotopic (exact) mass is 317 g/mol. The zero-order valence-corrected chi connectivity index (χ0v) is 11.2. The Hall–Kier alpha value is -2.21. The number of hydrogen-bond donors (Lipinski definition) is 1. The minimum atomic E-state index is -1.05. The second-order valence-corrected chi connectivity index (χ2v) is 4.93. The maximum Gasteiger partial charge on any atom is 0.356 e. The highest BCUT2D eigenvalue weighted by molar-refractivity contribution is 9.10. The molecule has 5 nitrogen and oxygen atoms in total. The topological polar surface area (TPSA) is 68.0 Å². The Bertz CT molecular complexity index is 782. The van der Waals surface area contributed by atoms with E-state index in [4.69, 9.17) is 5.11 Å². The van der Waals surface area contributed by atoms with E-state index < -0.39 is 5.97 Å². The smallest absolute Gasteiger partial charge is 0.356 e. The molecule has 0 aliphatic rings. The number of carboxylic acids is 1. The zero-order chi connectivity index (χ0) is 13.4. The summed E-state index contributed by atoms with van der Waals surface area (Å²) in [5.41, 5.74) is 0.709. The van der Waals surface area contributed by atoms with Crippen molar-refractivity contribution in [2.75, 3.05) is 0 Å². The number of nitrogens with zero attached hydrogens (tertiary/aromatic N) is 3. The van der Waals surface area contributed by atoms with Gasteiger partial charge in [-0.3, -0.25) is 0 Å². The second kappa shape index (κ2) is 4.47. The minimum absolute atomic E-state index is 0.0384. The lowest BCUT2D eigenvalue weighted by atomic mass is 10.1. The zero-order valence-electron chi connectivity index (χ0n) is 9.62. The number of benzene rings is 2. The molecule has 0 fully saturated rings. The van der Waals surface area contributed by atoms with Crippen LogP contribution >= 0.6 is 15.9 Å². The highest BCUT2D eigenvalue weighted by Crippen LogP contribution is 2.22. The Labute approximate surface area is 116 Å². The van der Waals surface area contributed by atoms with Gasteiger partial charge in [0.25, 0.3) is 0 Å². The summed E-state index contributed by atoms with van der Waals surface area (Å²) in [7, 11) is 0. The van der Waals surface area contributed by atoms with Gasteiger partial charge in [0.1, 0.15) is 0 Å². The first-order valence-corrected chi connectivity index (χ1v) is 6.28. The van der Waals surface area contributed by atoms with Crippen LogP contribution in [-0.2, 0) is 0 Å². The van der Waals surface area contributed by atoms with Crippen LogP contribution in [0.1, 0.15) is 10.5 Å². The number of rotatable bonds is 2. The van der Waals surface area contributed by atoms with E-state index in [2.05, 4.69) is 26.2 Å². The lowest BCUT2D eigenvalue weighted by Crippen LogP contribution is -2.07. The predicted octanol–water partition coefficient (Wildman–Crippen LogP) is 2.88. The number of carbonyl (C=O) groups is 1. The van der Waals surface area contributed by atoms with E-state index in [1.807, 2.05) is 36.4 Å². The van der Waals surface area contributed by atoms with Gasteiger partial charge in [0, 0.05) is 4.47 Å². The van der Waals surface area contributed by atoms with E-state index in [0.717, 1.165) is 15.2 Å². The average Bonchev–Trinajstić information content (AvgIpc) is 2.87. The molecule has 0 aliphatic carbocycles. The maximum absolute atomic E-state index is 11.1. The molecule has 0 saturated carbocycles. The summed E-state index contributed by atoms with van der Waals surface area (Å²) in [5, 5.41) is 18.6. The third-order valence-corrected chi connectivity index (χ3v) is 3.29. The number of halogens is 1. The van der Waals surface area contributed by atoms with E-state index in [1.165, 1.54) is 10.9 Å². The van der Waals surface area contributed by atoms with E-state index in [1.54, 1.807) is 0 Å². The van der Waals surface area contributed by atoms with Gasteiger partial charge in [0.05, 0.1) is 11.9 Å². The molecule has 0 bridgehead atoms. The first-order chi connectivity index (χ1) is 9.15. The fourth-order valence-electron chi connectivity index (χ4n) is 1.91. The molecular weight excluding hydrogens is 310 g/mol. The molecule has 94 valence electrons. The maximum atomic E-state index is 11.1. The molecule has 0 spiro atoms. The van der Waals surface area contributed by atoms with Crippen molar-refractivity contribution in [1.82, 2.24) is 15.0 Å². The van der Waals surface area contributed by atoms with Gasteiger partial charge in [-0.2, -0.15) is 0 Å². The molecule has 0 atom stereocenters. The van der Waals surface area contributed by atoms with Gasteiger partial charge in [0.2, 0.25) is 0 Å². The van der Waals surface area contributed by atoms with Gasteiger partial charge < -0.3 is 5.11 Å². The first-order valence-electron chi connectivity index (χ1n) is 5.49. The van der Waals surface area contributed by atoms with Gasteiger partial charge in [-0.25, -0.2) is 9.48 Å². The molecule has 0 amide bonds. The van der Waals surface area contributed by atoms with Crippen LogP contribution in [0.4, 0.5) is 0 Å². The van der Waals surface area contributed by atoms with Crippen LogP contribution in [0.5, 0.6) is 0 Å². The SMILES string of the molecule is O=C(O)c1cnnn1-c1ccc2cc(Br)ccc2c1. The molecule has 0 unspecified atom stereocenters. The number of carboxylic acid groups (broad SMARTS) is 1. The van der Waals surface area contributed by atoms with Gasteiger partial charge in [-0.05, 0) is 35.0 Å². The molecule has 0 saturated heterocycles. The van der Waals surface area contributed by atoms with Crippen LogP contribution in [0.25, 0.3) is 16.5 Å².